The minimum Gasteiger partial charge on any atom is -0.493 e. The van der Waals surface area contributed by atoms with Crippen LogP contribution in [-0.4, -0.2) is 44.1 Å². The quantitative estimate of drug-likeness (QED) is 0.418. The van der Waals surface area contributed by atoms with Crippen molar-refractivity contribution in [1.29, 1.82) is 0 Å². The maximum Gasteiger partial charge on any atom is 0.343 e. The molecule has 144 valence electrons. The summed E-state index contributed by atoms with van der Waals surface area (Å²) >= 11 is 6.23. The van der Waals surface area contributed by atoms with Gasteiger partial charge in [0.25, 0.3) is 5.91 Å². The number of esters is 1. The van der Waals surface area contributed by atoms with Crippen molar-refractivity contribution >= 4 is 46.3 Å². The number of thioether (sulfide) groups is 1. The SMILES string of the molecule is COC(=O)COc1c(OC)cc(/C=C/C(C)=C2/SC(=S)NC2=O)cc1OC. The molecule has 1 fully saturated rings. The van der Waals surface area contributed by atoms with Gasteiger partial charge in [-0.05, 0) is 30.2 Å². The number of amides is 1. The van der Waals surface area contributed by atoms with Crippen LogP contribution in [0.15, 0.2) is 28.7 Å². The normalized spacial score (nSPS) is 15.6. The molecule has 7 nitrogen and oxygen atoms in total. The van der Waals surface area contributed by atoms with Crippen LogP contribution < -0.4 is 19.5 Å². The molecule has 0 radical (unpaired) electrons. The minimum atomic E-state index is -0.518. The summed E-state index contributed by atoms with van der Waals surface area (Å²) in [6.45, 7) is 1.56. The number of methoxy groups -OCH3 is 3. The smallest absolute Gasteiger partial charge is 0.343 e. The van der Waals surface area contributed by atoms with Gasteiger partial charge in [0.2, 0.25) is 5.75 Å². The lowest BCUT2D eigenvalue weighted by Gasteiger charge is -2.14. The van der Waals surface area contributed by atoms with E-state index in [0.29, 0.717) is 26.5 Å². The molecule has 1 heterocycles. The number of thiocarbonyl (C=S) groups is 1. The highest BCUT2D eigenvalue weighted by Gasteiger charge is 2.23. The van der Waals surface area contributed by atoms with Crippen molar-refractivity contribution in [3.63, 3.8) is 0 Å². The highest BCUT2D eigenvalue weighted by molar-refractivity contribution is 8.26. The van der Waals surface area contributed by atoms with Crippen LogP contribution in [0.2, 0.25) is 0 Å². The molecule has 0 aliphatic carbocycles. The third-order valence-corrected chi connectivity index (χ3v) is 4.90. The molecule has 27 heavy (non-hydrogen) atoms. The first-order valence-electron chi connectivity index (χ1n) is 7.77. The monoisotopic (exact) mass is 409 g/mol. The molecule has 2 rings (SSSR count). The third-order valence-electron chi connectivity index (χ3n) is 3.55. The summed E-state index contributed by atoms with van der Waals surface area (Å²) in [5.41, 5.74) is 1.54. The van der Waals surface area contributed by atoms with Crippen LogP contribution in [0.1, 0.15) is 12.5 Å². The Balaban J connectivity index is 2.30. The van der Waals surface area contributed by atoms with E-state index >= 15 is 0 Å². The van der Waals surface area contributed by atoms with E-state index in [1.54, 1.807) is 18.2 Å². The van der Waals surface area contributed by atoms with Gasteiger partial charge in [0.1, 0.15) is 4.32 Å². The van der Waals surface area contributed by atoms with E-state index in [2.05, 4.69) is 10.1 Å². The number of ether oxygens (including phenoxy) is 4. The van der Waals surface area contributed by atoms with Gasteiger partial charge in [-0.25, -0.2) is 4.79 Å². The molecule has 1 aliphatic rings. The summed E-state index contributed by atoms with van der Waals surface area (Å²) < 4.78 is 21.2. The van der Waals surface area contributed by atoms with Gasteiger partial charge in [-0.2, -0.15) is 0 Å². The number of nitrogens with one attached hydrogen (secondary N) is 1. The van der Waals surface area contributed by atoms with Crippen molar-refractivity contribution in [2.45, 2.75) is 6.92 Å². The highest BCUT2D eigenvalue weighted by atomic mass is 32.2. The number of carbonyl (C=O) groups excluding carboxylic acids is 2. The Morgan fingerprint density at radius 3 is 2.33 bits per heavy atom. The number of carbonyl (C=O) groups is 2. The molecule has 0 aromatic heterocycles. The summed E-state index contributed by atoms with van der Waals surface area (Å²) in [4.78, 5) is 23.7. The minimum absolute atomic E-state index is 0.200. The average molecular weight is 409 g/mol. The second kappa shape index (κ2) is 9.43. The molecule has 1 aromatic carbocycles. The molecular formula is C18H19NO6S2. The molecule has 0 spiro atoms. The van der Waals surface area contributed by atoms with Crippen LogP contribution in [0.5, 0.6) is 17.2 Å². The Labute approximate surface area is 166 Å². The zero-order valence-electron chi connectivity index (χ0n) is 15.3. The largest absolute Gasteiger partial charge is 0.493 e. The zero-order valence-corrected chi connectivity index (χ0v) is 16.9. The van der Waals surface area contributed by atoms with Gasteiger partial charge in [-0.15, -0.1) is 0 Å². The first kappa shape index (κ1) is 20.8. The van der Waals surface area contributed by atoms with Gasteiger partial charge >= 0.3 is 5.97 Å². The first-order valence-corrected chi connectivity index (χ1v) is 8.99. The van der Waals surface area contributed by atoms with E-state index in [0.717, 1.165) is 11.1 Å². The number of allylic oxidation sites excluding steroid dienone is 2. The number of rotatable bonds is 7. The highest BCUT2D eigenvalue weighted by Crippen LogP contribution is 2.39. The lowest BCUT2D eigenvalue weighted by Crippen LogP contribution is -2.18. The Kier molecular flexibility index (Phi) is 7.26. The molecular weight excluding hydrogens is 390 g/mol. The van der Waals surface area contributed by atoms with Crippen molar-refractivity contribution < 1.29 is 28.5 Å². The lowest BCUT2D eigenvalue weighted by atomic mass is 10.1. The summed E-state index contributed by atoms with van der Waals surface area (Å²) in [5, 5.41) is 2.59. The Hall–Kier alpha value is -2.52. The van der Waals surface area contributed by atoms with Crippen LogP contribution in [0, 0.1) is 0 Å². The number of hydrogen-bond acceptors (Lipinski definition) is 8. The van der Waals surface area contributed by atoms with Crippen LogP contribution >= 0.6 is 24.0 Å². The van der Waals surface area contributed by atoms with E-state index in [1.807, 2.05) is 13.0 Å². The van der Waals surface area contributed by atoms with Crippen molar-refractivity contribution in [2.75, 3.05) is 27.9 Å². The van der Waals surface area contributed by atoms with Gasteiger partial charge in [-0.1, -0.05) is 36.1 Å². The topological polar surface area (TPSA) is 83.1 Å². The van der Waals surface area contributed by atoms with Crippen molar-refractivity contribution in [3.05, 3.63) is 34.3 Å². The molecule has 0 bridgehead atoms. The first-order chi connectivity index (χ1) is 12.9. The fourth-order valence-corrected chi connectivity index (χ4v) is 3.24. The second-order valence-electron chi connectivity index (χ2n) is 5.31. The average Bonchev–Trinajstić information content (AvgIpc) is 3.01. The Bertz CT molecular complexity index is 806. The molecule has 1 amide bonds. The fourth-order valence-electron chi connectivity index (χ4n) is 2.20. The molecule has 0 atom stereocenters. The molecule has 0 saturated carbocycles. The van der Waals surface area contributed by atoms with E-state index in [4.69, 9.17) is 26.4 Å². The zero-order chi connectivity index (χ0) is 20.0. The number of hydrogen-bond donors (Lipinski definition) is 1. The van der Waals surface area contributed by atoms with Crippen molar-refractivity contribution in [3.8, 4) is 17.2 Å². The van der Waals surface area contributed by atoms with Gasteiger partial charge in [0.15, 0.2) is 18.1 Å². The van der Waals surface area contributed by atoms with Crippen LogP contribution in [0.3, 0.4) is 0 Å². The van der Waals surface area contributed by atoms with Crippen molar-refractivity contribution in [1.82, 2.24) is 5.32 Å². The molecule has 0 unspecified atom stereocenters. The van der Waals surface area contributed by atoms with E-state index in [9.17, 15) is 9.59 Å². The summed E-state index contributed by atoms with van der Waals surface area (Å²) in [5.74, 6) is 0.382. The van der Waals surface area contributed by atoms with Crippen LogP contribution in [0.4, 0.5) is 0 Å². The lowest BCUT2D eigenvalue weighted by molar-refractivity contribution is -0.143. The maximum atomic E-state index is 11.8. The van der Waals surface area contributed by atoms with Gasteiger partial charge < -0.3 is 24.3 Å². The van der Waals surface area contributed by atoms with Gasteiger partial charge in [0, 0.05) is 0 Å². The molecule has 9 heteroatoms. The molecule has 1 N–H and O–H groups in total. The maximum absolute atomic E-state index is 11.8. The van der Waals surface area contributed by atoms with Crippen molar-refractivity contribution in [2.24, 2.45) is 0 Å². The fraction of sp³-hybridized carbons (Fsp3) is 0.278. The second-order valence-corrected chi connectivity index (χ2v) is 7.00. The van der Waals surface area contributed by atoms with E-state index < -0.39 is 5.97 Å². The van der Waals surface area contributed by atoms with Crippen LogP contribution in [0.25, 0.3) is 6.08 Å². The Morgan fingerprint density at radius 1 is 1.22 bits per heavy atom. The summed E-state index contributed by atoms with van der Waals surface area (Å²) in [6, 6.07) is 3.46. The van der Waals surface area contributed by atoms with E-state index in [1.165, 1.54) is 33.1 Å². The summed E-state index contributed by atoms with van der Waals surface area (Å²) in [6.07, 6.45) is 3.62. The third kappa shape index (κ3) is 5.24. The van der Waals surface area contributed by atoms with Gasteiger partial charge in [0.05, 0.1) is 26.2 Å². The molecule has 1 aromatic rings. The van der Waals surface area contributed by atoms with E-state index in [-0.39, 0.29) is 12.5 Å². The number of benzene rings is 1. The predicted molar refractivity (Wildman–Crippen MR) is 107 cm³/mol. The standard InChI is InChI=1S/C18H19NO6S2/c1-10(16-17(21)19-18(26)27-16)5-6-11-7-12(22-2)15(13(8-11)23-3)25-9-14(20)24-4/h5-8H,9H2,1-4H3,(H,19,21,26)/b6-5+,16-10+. The molecule has 1 aliphatic heterocycles. The molecule has 1 saturated heterocycles. The van der Waals surface area contributed by atoms with Crippen LogP contribution in [-0.2, 0) is 14.3 Å². The van der Waals surface area contributed by atoms with Gasteiger partial charge in [-0.3, -0.25) is 4.79 Å². The Morgan fingerprint density at radius 2 is 1.85 bits per heavy atom. The summed E-state index contributed by atoms with van der Waals surface area (Å²) in [7, 11) is 4.25. The predicted octanol–water partition coefficient (Wildman–Crippen LogP) is 2.69.